The SMILES string of the molecule is COCC(OC)C(S)CS. The summed E-state index contributed by atoms with van der Waals surface area (Å²) >= 11 is 8.35. The summed E-state index contributed by atoms with van der Waals surface area (Å²) in [6.45, 7) is 0.575. The van der Waals surface area contributed by atoms with Crippen molar-refractivity contribution in [2.24, 2.45) is 0 Å². The molecule has 0 aliphatic rings. The van der Waals surface area contributed by atoms with Gasteiger partial charge in [0.05, 0.1) is 12.7 Å². The number of rotatable bonds is 5. The summed E-state index contributed by atoms with van der Waals surface area (Å²) in [7, 11) is 3.29. The second kappa shape index (κ2) is 6.34. The molecule has 0 saturated carbocycles. The van der Waals surface area contributed by atoms with Gasteiger partial charge in [0, 0.05) is 25.2 Å². The molecule has 0 aromatic rings. The lowest BCUT2D eigenvalue weighted by Gasteiger charge is -2.18. The number of ether oxygens (including phenoxy) is 2. The topological polar surface area (TPSA) is 18.5 Å². The van der Waals surface area contributed by atoms with Crippen molar-refractivity contribution in [3.8, 4) is 0 Å². The first kappa shape index (κ1) is 10.6. The predicted molar refractivity (Wildman–Crippen MR) is 49.3 cm³/mol. The molecule has 0 spiro atoms. The summed E-state index contributed by atoms with van der Waals surface area (Å²) in [5.41, 5.74) is 0. The van der Waals surface area contributed by atoms with E-state index in [1.807, 2.05) is 0 Å². The van der Waals surface area contributed by atoms with Crippen LogP contribution in [0.15, 0.2) is 0 Å². The van der Waals surface area contributed by atoms with E-state index in [2.05, 4.69) is 25.3 Å². The van der Waals surface area contributed by atoms with Crippen LogP contribution in [-0.4, -0.2) is 37.9 Å². The Morgan fingerprint density at radius 1 is 1.40 bits per heavy atom. The first-order valence-electron chi connectivity index (χ1n) is 3.07. The summed E-state index contributed by atoms with van der Waals surface area (Å²) in [5, 5.41) is 0.147. The standard InChI is InChI=1S/C6H14O2S2/c1-7-3-5(8-2)6(10)4-9/h5-6,9-10H,3-4H2,1-2H3. The van der Waals surface area contributed by atoms with E-state index in [0.29, 0.717) is 12.4 Å². The van der Waals surface area contributed by atoms with Crippen molar-refractivity contribution in [3.05, 3.63) is 0 Å². The van der Waals surface area contributed by atoms with Gasteiger partial charge in [-0.15, -0.1) is 0 Å². The molecular weight excluding hydrogens is 168 g/mol. The predicted octanol–water partition coefficient (Wildman–Crippen LogP) is 0.876. The zero-order valence-electron chi connectivity index (χ0n) is 6.28. The van der Waals surface area contributed by atoms with Gasteiger partial charge in [0.15, 0.2) is 0 Å². The molecule has 2 unspecified atom stereocenters. The minimum atomic E-state index is 0.0471. The van der Waals surface area contributed by atoms with E-state index in [9.17, 15) is 0 Å². The van der Waals surface area contributed by atoms with Crippen LogP contribution in [0.2, 0.25) is 0 Å². The largest absolute Gasteiger partial charge is 0.382 e. The second-order valence-corrected chi connectivity index (χ2v) is 3.01. The van der Waals surface area contributed by atoms with Crippen molar-refractivity contribution in [3.63, 3.8) is 0 Å². The van der Waals surface area contributed by atoms with Crippen molar-refractivity contribution >= 4 is 25.3 Å². The molecule has 2 nitrogen and oxygen atoms in total. The van der Waals surface area contributed by atoms with E-state index in [-0.39, 0.29) is 11.4 Å². The Morgan fingerprint density at radius 2 is 2.00 bits per heavy atom. The molecule has 0 bridgehead atoms. The summed E-state index contributed by atoms with van der Waals surface area (Å²) < 4.78 is 10.0. The third-order valence-corrected chi connectivity index (χ3v) is 2.45. The second-order valence-electron chi connectivity index (χ2n) is 1.98. The maximum Gasteiger partial charge on any atom is 0.0928 e. The summed E-state index contributed by atoms with van der Waals surface area (Å²) in [4.78, 5) is 0. The molecule has 2 atom stereocenters. The molecule has 4 heteroatoms. The minimum absolute atomic E-state index is 0.0471. The zero-order chi connectivity index (χ0) is 7.98. The van der Waals surface area contributed by atoms with E-state index >= 15 is 0 Å². The van der Waals surface area contributed by atoms with E-state index in [1.165, 1.54) is 0 Å². The van der Waals surface area contributed by atoms with Crippen molar-refractivity contribution in [1.29, 1.82) is 0 Å². The van der Waals surface area contributed by atoms with Crippen LogP contribution in [0, 0.1) is 0 Å². The van der Waals surface area contributed by atoms with Crippen LogP contribution in [0.1, 0.15) is 0 Å². The highest BCUT2D eigenvalue weighted by Crippen LogP contribution is 2.07. The van der Waals surface area contributed by atoms with E-state index < -0.39 is 0 Å². The molecule has 10 heavy (non-hydrogen) atoms. The van der Waals surface area contributed by atoms with Gasteiger partial charge in [-0.3, -0.25) is 0 Å². The van der Waals surface area contributed by atoms with Crippen LogP contribution < -0.4 is 0 Å². The Balaban J connectivity index is 3.56. The molecule has 0 radical (unpaired) electrons. The highest BCUT2D eigenvalue weighted by atomic mass is 32.1. The monoisotopic (exact) mass is 182 g/mol. The van der Waals surface area contributed by atoms with E-state index in [1.54, 1.807) is 14.2 Å². The Kier molecular flexibility index (Phi) is 6.73. The average molecular weight is 182 g/mol. The number of methoxy groups -OCH3 is 2. The molecule has 0 aliphatic heterocycles. The molecule has 0 saturated heterocycles. The average Bonchev–Trinajstić information content (AvgIpc) is 1.99. The Labute approximate surface area is 73.1 Å². The molecule has 0 heterocycles. The van der Waals surface area contributed by atoms with Crippen LogP contribution in [0.5, 0.6) is 0 Å². The van der Waals surface area contributed by atoms with Crippen LogP contribution in [0.3, 0.4) is 0 Å². The van der Waals surface area contributed by atoms with E-state index in [4.69, 9.17) is 9.47 Å². The molecule has 62 valence electrons. The van der Waals surface area contributed by atoms with Crippen molar-refractivity contribution in [1.82, 2.24) is 0 Å². The van der Waals surface area contributed by atoms with Gasteiger partial charge >= 0.3 is 0 Å². The van der Waals surface area contributed by atoms with Gasteiger partial charge in [-0.1, -0.05) is 0 Å². The fourth-order valence-electron chi connectivity index (χ4n) is 0.618. The van der Waals surface area contributed by atoms with Crippen LogP contribution >= 0.6 is 25.3 Å². The van der Waals surface area contributed by atoms with Gasteiger partial charge in [-0.05, 0) is 0 Å². The van der Waals surface area contributed by atoms with Crippen LogP contribution in [0.25, 0.3) is 0 Å². The Hall–Kier alpha value is 0.620. The molecule has 0 amide bonds. The van der Waals surface area contributed by atoms with Gasteiger partial charge in [-0.2, -0.15) is 25.3 Å². The normalized spacial score (nSPS) is 16.8. The quantitative estimate of drug-likeness (QED) is 0.615. The van der Waals surface area contributed by atoms with Gasteiger partial charge < -0.3 is 9.47 Å². The summed E-state index contributed by atoms with van der Waals surface area (Å²) in [5.74, 6) is 0.699. The lowest BCUT2D eigenvalue weighted by atomic mass is 10.3. The zero-order valence-corrected chi connectivity index (χ0v) is 8.07. The van der Waals surface area contributed by atoms with Gasteiger partial charge in [-0.25, -0.2) is 0 Å². The van der Waals surface area contributed by atoms with E-state index in [0.717, 1.165) is 0 Å². The number of hydrogen-bond donors (Lipinski definition) is 2. The van der Waals surface area contributed by atoms with Gasteiger partial charge in [0.25, 0.3) is 0 Å². The minimum Gasteiger partial charge on any atom is -0.382 e. The fraction of sp³-hybridized carbons (Fsp3) is 1.00. The van der Waals surface area contributed by atoms with Crippen molar-refractivity contribution in [2.75, 3.05) is 26.6 Å². The Bertz CT molecular complexity index is 80.1. The molecular formula is C6H14O2S2. The van der Waals surface area contributed by atoms with Crippen LogP contribution in [-0.2, 0) is 9.47 Å². The van der Waals surface area contributed by atoms with Gasteiger partial charge in [0.2, 0.25) is 0 Å². The first-order chi connectivity index (χ1) is 4.76. The molecule has 0 aromatic heterocycles. The third kappa shape index (κ3) is 3.71. The molecule has 0 aliphatic carbocycles. The lowest BCUT2D eigenvalue weighted by Crippen LogP contribution is -2.29. The van der Waals surface area contributed by atoms with Crippen molar-refractivity contribution < 1.29 is 9.47 Å². The fourth-order valence-corrected chi connectivity index (χ4v) is 1.06. The molecule has 0 aromatic carbocycles. The maximum atomic E-state index is 5.09. The first-order valence-corrected chi connectivity index (χ1v) is 4.21. The highest BCUT2D eigenvalue weighted by molar-refractivity contribution is 7.84. The number of thiol groups is 2. The smallest absolute Gasteiger partial charge is 0.0928 e. The van der Waals surface area contributed by atoms with Gasteiger partial charge in [0.1, 0.15) is 0 Å². The summed E-state index contributed by atoms with van der Waals surface area (Å²) in [6.07, 6.45) is 0.0471. The lowest BCUT2D eigenvalue weighted by molar-refractivity contribution is 0.0309. The Morgan fingerprint density at radius 3 is 2.30 bits per heavy atom. The number of hydrogen-bond acceptors (Lipinski definition) is 4. The maximum absolute atomic E-state index is 5.09. The highest BCUT2D eigenvalue weighted by Gasteiger charge is 2.14. The van der Waals surface area contributed by atoms with Crippen molar-refractivity contribution in [2.45, 2.75) is 11.4 Å². The third-order valence-electron chi connectivity index (χ3n) is 1.25. The summed E-state index contributed by atoms with van der Waals surface area (Å²) in [6, 6.07) is 0. The molecule has 0 rings (SSSR count). The molecule has 0 N–H and O–H groups in total. The van der Waals surface area contributed by atoms with Crippen LogP contribution in [0.4, 0.5) is 0 Å². The molecule has 0 fully saturated rings.